The van der Waals surface area contributed by atoms with Gasteiger partial charge in [-0.05, 0) is 50.3 Å². The molecule has 0 spiro atoms. The van der Waals surface area contributed by atoms with Crippen LogP contribution < -0.4 is 10.6 Å². The van der Waals surface area contributed by atoms with Crippen LogP contribution in [0.2, 0.25) is 10.0 Å². The van der Waals surface area contributed by atoms with E-state index in [9.17, 15) is 0 Å². The molecule has 1 aromatic rings. The number of nitrogens with one attached hydrogen (secondary N) is 2. The molecule has 0 saturated carbocycles. The summed E-state index contributed by atoms with van der Waals surface area (Å²) in [5, 5.41) is 8.35. The summed E-state index contributed by atoms with van der Waals surface area (Å²) in [6.45, 7) is 7.76. The van der Waals surface area contributed by atoms with Gasteiger partial charge in [-0.15, -0.1) is 0 Å². The van der Waals surface area contributed by atoms with Crippen LogP contribution in [0.5, 0.6) is 0 Å². The molecule has 0 aliphatic carbocycles. The van der Waals surface area contributed by atoms with Crippen molar-refractivity contribution < 1.29 is 4.74 Å². The number of nitrogens with zero attached hydrogens (tertiary/aromatic N) is 2. The highest BCUT2D eigenvalue weighted by Gasteiger charge is 2.19. The van der Waals surface area contributed by atoms with E-state index in [-0.39, 0.29) is 0 Å². The van der Waals surface area contributed by atoms with Gasteiger partial charge in [-0.3, -0.25) is 4.99 Å². The minimum absolute atomic E-state index is 0.479. The average molecular weight is 415 g/mol. The molecule has 0 radical (unpaired) electrons. The second-order valence-corrected chi connectivity index (χ2v) is 7.70. The van der Waals surface area contributed by atoms with Crippen molar-refractivity contribution in [3.63, 3.8) is 0 Å². The van der Waals surface area contributed by atoms with Gasteiger partial charge in [-0.25, -0.2) is 0 Å². The van der Waals surface area contributed by atoms with Crippen LogP contribution in [-0.2, 0) is 11.2 Å². The molecule has 0 amide bonds. The van der Waals surface area contributed by atoms with Gasteiger partial charge in [0, 0.05) is 55.9 Å². The number of likely N-dealkylation sites (tertiary alicyclic amines) is 1. The number of piperidine rings is 1. The Morgan fingerprint density at radius 3 is 2.74 bits per heavy atom. The molecule has 152 valence electrons. The Morgan fingerprint density at radius 1 is 1.30 bits per heavy atom. The first-order valence-corrected chi connectivity index (χ1v) is 10.6. The monoisotopic (exact) mass is 414 g/mol. The van der Waals surface area contributed by atoms with Gasteiger partial charge in [0.1, 0.15) is 0 Å². The summed E-state index contributed by atoms with van der Waals surface area (Å²) in [5.74, 6) is 0.912. The molecule has 0 atom stereocenters. The maximum atomic E-state index is 6.24. The van der Waals surface area contributed by atoms with Crippen LogP contribution >= 0.6 is 23.2 Å². The molecule has 7 heteroatoms. The smallest absolute Gasteiger partial charge is 0.191 e. The molecular weight excluding hydrogens is 383 g/mol. The summed E-state index contributed by atoms with van der Waals surface area (Å²) in [6.07, 6.45) is 4.12. The van der Waals surface area contributed by atoms with Crippen molar-refractivity contribution in [2.24, 2.45) is 4.99 Å². The fourth-order valence-corrected chi connectivity index (χ4v) is 3.72. The van der Waals surface area contributed by atoms with Crippen molar-refractivity contribution in [1.82, 2.24) is 15.5 Å². The molecule has 0 bridgehead atoms. The zero-order chi connectivity index (χ0) is 19.5. The minimum Gasteiger partial charge on any atom is -0.383 e. The predicted molar refractivity (Wildman–Crippen MR) is 115 cm³/mol. The minimum atomic E-state index is 0.479. The summed E-state index contributed by atoms with van der Waals surface area (Å²) in [4.78, 5) is 7.19. The molecule has 27 heavy (non-hydrogen) atoms. The van der Waals surface area contributed by atoms with Crippen LogP contribution in [0.1, 0.15) is 31.7 Å². The lowest BCUT2D eigenvalue weighted by molar-refractivity contribution is 0.128. The Hall–Kier alpha value is -1.01. The van der Waals surface area contributed by atoms with Crippen molar-refractivity contribution in [3.05, 3.63) is 33.8 Å². The number of guanidine groups is 1. The maximum absolute atomic E-state index is 6.24. The molecule has 5 nitrogen and oxygen atoms in total. The highest BCUT2D eigenvalue weighted by Crippen LogP contribution is 2.22. The van der Waals surface area contributed by atoms with Gasteiger partial charge in [0.15, 0.2) is 5.96 Å². The first kappa shape index (κ1) is 22.3. The summed E-state index contributed by atoms with van der Waals surface area (Å²) < 4.78 is 5.17. The molecular formula is C20H32Cl2N4O. The van der Waals surface area contributed by atoms with E-state index in [1.807, 2.05) is 12.1 Å². The largest absolute Gasteiger partial charge is 0.383 e. The third kappa shape index (κ3) is 8.26. The quantitative estimate of drug-likeness (QED) is 0.368. The van der Waals surface area contributed by atoms with E-state index in [2.05, 4.69) is 22.5 Å². The van der Waals surface area contributed by atoms with Gasteiger partial charge in [-0.1, -0.05) is 29.3 Å². The molecule has 0 unspecified atom stereocenters. The number of aliphatic imine (C=N–C) groups is 1. The highest BCUT2D eigenvalue weighted by molar-refractivity contribution is 6.35. The van der Waals surface area contributed by atoms with Crippen molar-refractivity contribution in [1.29, 1.82) is 0 Å². The first-order valence-electron chi connectivity index (χ1n) is 9.82. The number of aryl methyl sites for hydroxylation is 1. The van der Waals surface area contributed by atoms with Crippen molar-refractivity contribution in [2.75, 3.05) is 46.4 Å². The van der Waals surface area contributed by atoms with Crippen LogP contribution in [-0.4, -0.2) is 63.3 Å². The van der Waals surface area contributed by atoms with E-state index < -0.39 is 0 Å². The van der Waals surface area contributed by atoms with E-state index in [0.29, 0.717) is 11.1 Å². The normalized spacial score (nSPS) is 16.5. The molecule has 1 aliphatic heterocycles. The van der Waals surface area contributed by atoms with E-state index >= 15 is 0 Å². The number of hydrogen-bond donors (Lipinski definition) is 2. The summed E-state index contributed by atoms with van der Waals surface area (Å²) in [6, 6.07) is 6.16. The Labute approximate surface area is 173 Å². The van der Waals surface area contributed by atoms with E-state index in [4.69, 9.17) is 32.9 Å². The van der Waals surface area contributed by atoms with Gasteiger partial charge < -0.3 is 20.3 Å². The first-order chi connectivity index (χ1) is 13.1. The second-order valence-electron chi connectivity index (χ2n) is 6.85. The molecule has 1 fully saturated rings. The Bertz CT molecular complexity index is 589. The molecule has 1 aromatic carbocycles. The standard InChI is InChI=1S/C20H32Cl2N4O/c1-3-23-20(25-18-8-11-26(12-9-18)13-14-27-2)24-10-4-5-16-6-7-17(21)15-19(16)22/h6-7,15,18H,3-5,8-14H2,1-2H3,(H2,23,24,25). The third-order valence-corrected chi connectivity index (χ3v) is 5.36. The molecule has 1 saturated heterocycles. The number of ether oxygens (including phenoxy) is 1. The van der Waals surface area contributed by atoms with Crippen LogP contribution in [0.25, 0.3) is 0 Å². The zero-order valence-corrected chi connectivity index (χ0v) is 18.0. The van der Waals surface area contributed by atoms with E-state index in [1.165, 1.54) is 0 Å². The second kappa shape index (κ2) is 12.4. The van der Waals surface area contributed by atoms with Gasteiger partial charge in [-0.2, -0.15) is 0 Å². The van der Waals surface area contributed by atoms with Gasteiger partial charge in [0.05, 0.1) is 6.61 Å². The van der Waals surface area contributed by atoms with Crippen molar-refractivity contribution in [2.45, 2.75) is 38.6 Å². The van der Waals surface area contributed by atoms with Crippen LogP contribution in [0.3, 0.4) is 0 Å². The highest BCUT2D eigenvalue weighted by atomic mass is 35.5. The fourth-order valence-electron chi connectivity index (χ4n) is 3.22. The molecule has 1 aliphatic rings. The lowest BCUT2D eigenvalue weighted by Crippen LogP contribution is -2.49. The van der Waals surface area contributed by atoms with Crippen LogP contribution in [0.4, 0.5) is 0 Å². The molecule has 0 aromatic heterocycles. The number of halogens is 2. The number of benzene rings is 1. The zero-order valence-electron chi connectivity index (χ0n) is 16.4. The molecule has 2 rings (SSSR count). The number of methoxy groups -OCH3 is 1. The van der Waals surface area contributed by atoms with Crippen molar-refractivity contribution in [3.8, 4) is 0 Å². The van der Waals surface area contributed by atoms with Crippen LogP contribution in [0, 0.1) is 0 Å². The Balaban J connectivity index is 1.75. The maximum Gasteiger partial charge on any atom is 0.191 e. The SMILES string of the molecule is CCNC(=NCCCc1ccc(Cl)cc1Cl)NC1CCN(CCOC)CC1. The lowest BCUT2D eigenvalue weighted by atomic mass is 10.1. The number of hydrogen-bond acceptors (Lipinski definition) is 3. The van der Waals surface area contributed by atoms with Crippen LogP contribution in [0.15, 0.2) is 23.2 Å². The Kier molecular flexibility index (Phi) is 10.3. The summed E-state index contributed by atoms with van der Waals surface area (Å²) in [5.41, 5.74) is 1.12. The van der Waals surface area contributed by atoms with Crippen molar-refractivity contribution >= 4 is 29.2 Å². The predicted octanol–water partition coefficient (Wildman–Crippen LogP) is 3.59. The summed E-state index contributed by atoms with van der Waals surface area (Å²) >= 11 is 12.2. The van der Waals surface area contributed by atoms with E-state index in [0.717, 1.165) is 81.6 Å². The van der Waals surface area contributed by atoms with Gasteiger partial charge in [0.25, 0.3) is 0 Å². The third-order valence-electron chi connectivity index (χ3n) is 4.77. The average Bonchev–Trinajstić information content (AvgIpc) is 2.66. The van der Waals surface area contributed by atoms with E-state index in [1.54, 1.807) is 13.2 Å². The topological polar surface area (TPSA) is 48.9 Å². The molecule has 1 heterocycles. The number of rotatable bonds is 9. The fraction of sp³-hybridized carbons (Fsp3) is 0.650. The Morgan fingerprint density at radius 2 is 2.07 bits per heavy atom. The van der Waals surface area contributed by atoms with Gasteiger partial charge >= 0.3 is 0 Å². The molecule has 2 N–H and O–H groups in total. The lowest BCUT2D eigenvalue weighted by Gasteiger charge is -2.32. The van der Waals surface area contributed by atoms with Gasteiger partial charge in [0.2, 0.25) is 0 Å². The summed E-state index contributed by atoms with van der Waals surface area (Å²) in [7, 11) is 1.76.